The van der Waals surface area contributed by atoms with Gasteiger partial charge in [0.15, 0.2) is 0 Å². The molecule has 314 valence electrons. The molecule has 0 saturated carbocycles. The third-order valence-corrected chi connectivity index (χ3v) is 13.5. The Balaban J connectivity index is 0.00000484. The van der Waals surface area contributed by atoms with E-state index in [9.17, 15) is 0 Å². The monoisotopic (exact) mass is 1010 g/mol. The fraction of sp³-hybridized carbons (Fsp3) is 0.180. The molecule has 0 radical (unpaired) electrons. The van der Waals surface area contributed by atoms with Gasteiger partial charge in [-0.1, -0.05) is 163 Å². The third-order valence-electron chi connectivity index (χ3n) is 13.5. The summed E-state index contributed by atoms with van der Waals surface area (Å²) >= 11 is 0. The van der Waals surface area contributed by atoms with E-state index in [1.54, 1.807) is 0 Å². The Morgan fingerprint density at radius 2 is 0.938 bits per heavy atom. The SMILES string of the molecule is CC(C)(C)c1cc(-c2cc(C(C)(C)C)ccn2)[c-]c(C(C)(C)c2[c-]c3cc4c2ccc2ccc(cc24)c2cccc(c2)c2cccc(c2)c2ccc4ccc5cnc3cc5c4c2)c1.[Pt+2]. The zero-order valence-electron chi connectivity index (χ0n) is 37.7. The Kier molecular flexibility index (Phi) is 9.93. The van der Waals surface area contributed by atoms with Crippen molar-refractivity contribution in [2.75, 3.05) is 0 Å². The molecule has 0 amide bonds. The van der Waals surface area contributed by atoms with Gasteiger partial charge in [-0.25, -0.2) is 0 Å². The first kappa shape index (κ1) is 41.8. The van der Waals surface area contributed by atoms with Gasteiger partial charge in [-0.2, -0.15) is 0 Å². The van der Waals surface area contributed by atoms with Gasteiger partial charge in [-0.05, 0) is 128 Å². The second-order valence-electron chi connectivity index (χ2n) is 20.2. The molecule has 3 heteroatoms. The number of aromatic nitrogens is 2. The van der Waals surface area contributed by atoms with Crippen LogP contribution in [0.5, 0.6) is 0 Å². The van der Waals surface area contributed by atoms with E-state index >= 15 is 0 Å². The van der Waals surface area contributed by atoms with E-state index in [4.69, 9.17) is 9.97 Å². The molecule has 2 heterocycles. The number of fused-ring (bicyclic) bond motifs is 12. The van der Waals surface area contributed by atoms with Gasteiger partial charge in [-0.3, -0.25) is 0 Å². The number of rotatable bonds is 3. The van der Waals surface area contributed by atoms with Crippen LogP contribution in [-0.2, 0) is 37.3 Å². The summed E-state index contributed by atoms with van der Waals surface area (Å²) in [5.41, 5.74) is 6.96. The fourth-order valence-electron chi connectivity index (χ4n) is 9.60. The van der Waals surface area contributed by atoms with Crippen LogP contribution in [0.3, 0.4) is 0 Å². The van der Waals surface area contributed by atoms with E-state index in [0.717, 1.165) is 38.7 Å². The Bertz CT molecular complexity index is 3730. The van der Waals surface area contributed by atoms with Crippen molar-refractivity contribution in [2.45, 2.75) is 71.6 Å². The maximum Gasteiger partial charge on any atom is 2.00 e. The molecule has 11 rings (SSSR count). The van der Waals surface area contributed by atoms with Crippen molar-refractivity contribution in [1.82, 2.24) is 9.97 Å². The van der Waals surface area contributed by atoms with E-state index in [1.165, 1.54) is 81.1 Å². The van der Waals surface area contributed by atoms with Gasteiger partial charge in [0.2, 0.25) is 0 Å². The maximum absolute atomic E-state index is 5.20. The number of nitrogens with zero attached hydrogens (tertiary/aromatic N) is 2. The molecule has 9 aromatic carbocycles. The van der Waals surface area contributed by atoms with Crippen molar-refractivity contribution in [2.24, 2.45) is 0 Å². The van der Waals surface area contributed by atoms with Gasteiger partial charge in [0.25, 0.3) is 0 Å². The average molecular weight is 1010 g/mol. The summed E-state index contributed by atoms with van der Waals surface area (Å²) < 4.78 is 0. The summed E-state index contributed by atoms with van der Waals surface area (Å²) in [4.78, 5) is 10.1. The van der Waals surface area contributed by atoms with Gasteiger partial charge >= 0.3 is 21.1 Å². The van der Waals surface area contributed by atoms with Crippen molar-refractivity contribution >= 4 is 86.3 Å². The maximum atomic E-state index is 5.20. The molecule has 0 aliphatic carbocycles. The molecule has 0 N–H and O–H groups in total. The van der Waals surface area contributed by atoms with E-state index in [-0.39, 0.29) is 31.9 Å². The minimum absolute atomic E-state index is 0. The van der Waals surface area contributed by atoms with E-state index < -0.39 is 5.41 Å². The first-order valence-corrected chi connectivity index (χ1v) is 22.2. The Morgan fingerprint density at radius 3 is 1.55 bits per heavy atom. The Labute approximate surface area is 390 Å². The molecule has 0 unspecified atom stereocenters. The number of hydrogen-bond donors (Lipinski definition) is 0. The minimum atomic E-state index is -0.520. The molecule has 64 heavy (non-hydrogen) atoms. The molecule has 0 atom stereocenters. The van der Waals surface area contributed by atoms with Gasteiger partial charge in [0.05, 0.1) is 0 Å². The molecule has 2 aromatic heterocycles. The van der Waals surface area contributed by atoms with Crippen LogP contribution in [0.4, 0.5) is 0 Å². The minimum Gasteiger partial charge on any atom is -0.305 e. The van der Waals surface area contributed by atoms with Crippen LogP contribution in [0, 0.1) is 12.1 Å². The molecule has 2 nitrogen and oxygen atoms in total. The predicted octanol–water partition coefficient (Wildman–Crippen LogP) is 16.5. The summed E-state index contributed by atoms with van der Waals surface area (Å²) in [7, 11) is 0. The standard InChI is InChI=1S/C61H50N2.Pt/c1-59(2,3)48-23-24-62-57(34-48)46-27-49(60(4,5)6)33-50(28-46)61(7,8)56-32-47-31-55-51(56)22-21-38-16-19-44(30-53(38)55)42-14-10-12-40(26-42)39-11-9-13-41(25-39)43-18-15-37-17-20-45-36-63-58(47)35-54(45)52(37)29-43;/h9-27,29-31,33-36H,1-8H3;/q-2;+2. The summed E-state index contributed by atoms with van der Waals surface area (Å²) in [6.45, 7) is 18.3. The quantitative estimate of drug-likeness (QED) is 0.130. The van der Waals surface area contributed by atoms with E-state index in [2.05, 4.69) is 213 Å². The van der Waals surface area contributed by atoms with Crippen LogP contribution in [0.2, 0.25) is 0 Å². The van der Waals surface area contributed by atoms with Gasteiger partial charge in [0, 0.05) is 12.4 Å². The third kappa shape index (κ3) is 7.17. The van der Waals surface area contributed by atoms with Crippen molar-refractivity contribution in [3.8, 4) is 11.3 Å². The van der Waals surface area contributed by atoms with Gasteiger partial charge < -0.3 is 9.97 Å². The van der Waals surface area contributed by atoms with Crippen molar-refractivity contribution < 1.29 is 21.1 Å². The molecule has 11 aromatic rings. The predicted molar refractivity (Wildman–Crippen MR) is 270 cm³/mol. The molecular formula is C61H50N2Pt. The molecular weight excluding hydrogens is 956 g/mol. The smallest absolute Gasteiger partial charge is 0.305 e. The van der Waals surface area contributed by atoms with Crippen LogP contribution >= 0.6 is 0 Å². The van der Waals surface area contributed by atoms with Crippen LogP contribution in [-0.4, -0.2) is 9.97 Å². The Hall–Kier alpha value is -6.21. The molecule has 0 fully saturated rings. The van der Waals surface area contributed by atoms with Crippen LogP contribution in [0.1, 0.15) is 77.6 Å². The fourth-order valence-corrected chi connectivity index (χ4v) is 9.60. The molecule has 0 spiro atoms. The molecule has 0 aliphatic rings. The number of pyridine rings is 2. The number of hydrogen-bond acceptors (Lipinski definition) is 2. The van der Waals surface area contributed by atoms with E-state index in [1.807, 2.05) is 12.4 Å². The summed E-state index contributed by atoms with van der Waals surface area (Å²) in [6, 6.07) is 62.4. The topological polar surface area (TPSA) is 25.8 Å². The van der Waals surface area contributed by atoms with Gasteiger partial charge in [0.1, 0.15) is 0 Å². The normalized spacial score (nSPS) is 12.6. The first-order valence-electron chi connectivity index (χ1n) is 22.2. The number of benzene rings is 8. The average Bonchev–Trinajstić information content (AvgIpc) is 3.29. The van der Waals surface area contributed by atoms with E-state index in [0.29, 0.717) is 0 Å². The summed E-state index contributed by atoms with van der Waals surface area (Å²) in [5.74, 6) is 0. The second kappa shape index (κ2) is 15.2. The van der Waals surface area contributed by atoms with Crippen LogP contribution < -0.4 is 0 Å². The summed E-state index contributed by atoms with van der Waals surface area (Å²) in [5, 5.41) is 17.6. The zero-order valence-corrected chi connectivity index (χ0v) is 40.0. The van der Waals surface area contributed by atoms with Crippen molar-refractivity contribution in [3.05, 3.63) is 192 Å². The summed E-state index contributed by atoms with van der Waals surface area (Å²) in [6.07, 6.45) is 3.99. The van der Waals surface area contributed by atoms with Crippen LogP contribution in [0.15, 0.2) is 158 Å². The zero-order chi connectivity index (χ0) is 43.4. The van der Waals surface area contributed by atoms with Gasteiger partial charge in [-0.15, -0.1) is 58.0 Å². The van der Waals surface area contributed by atoms with Crippen molar-refractivity contribution in [3.63, 3.8) is 0 Å². The largest absolute Gasteiger partial charge is 2.00 e. The molecule has 0 saturated heterocycles. The van der Waals surface area contributed by atoms with Crippen LogP contribution in [0.25, 0.3) is 97.6 Å². The second-order valence-corrected chi connectivity index (χ2v) is 20.2. The Morgan fingerprint density at radius 1 is 0.406 bits per heavy atom. The van der Waals surface area contributed by atoms with Crippen molar-refractivity contribution in [1.29, 1.82) is 0 Å². The first-order chi connectivity index (χ1) is 30.2. The molecule has 12 bridgehead atoms. The molecule has 0 aliphatic heterocycles.